The van der Waals surface area contributed by atoms with Crippen LogP contribution in [0.1, 0.15) is 10.4 Å². The van der Waals surface area contributed by atoms with Crippen molar-refractivity contribution < 1.29 is 23.7 Å². The molecule has 0 unspecified atom stereocenters. The molecule has 2 aromatic carbocycles. The fourth-order valence-corrected chi connectivity index (χ4v) is 3.77. The van der Waals surface area contributed by atoms with Gasteiger partial charge in [-0.2, -0.15) is 4.99 Å². The van der Waals surface area contributed by atoms with Gasteiger partial charge in [0, 0.05) is 24.7 Å². The summed E-state index contributed by atoms with van der Waals surface area (Å²) < 4.78 is 24.1. The third kappa shape index (κ3) is 2.68. The summed E-state index contributed by atoms with van der Waals surface area (Å²) in [5.74, 6) is 2.10. The van der Waals surface area contributed by atoms with E-state index in [1.807, 2.05) is 23.7 Å². The number of fused-ring (bicyclic) bond motifs is 2. The zero-order valence-corrected chi connectivity index (χ0v) is 15.3. The highest BCUT2D eigenvalue weighted by molar-refractivity contribution is 7.16. The molecule has 0 N–H and O–H groups in total. The first kappa shape index (κ1) is 16.5. The molecular formula is C18H16N2O5S. The SMILES string of the molecule is COc1ccc(C(=O)N=c2sc3cc4c(cc3n2C)OCO4)cc1OC. The molecule has 0 spiro atoms. The Bertz CT molecular complexity index is 1080. The molecule has 2 heterocycles. The second kappa shape index (κ2) is 6.38. The molecule has 7 nitrogen and oxygen atoms in total. The van der Waals surface area contributed by atoms with E-state index in [0.717, 1.165) is 10.2 Å². The van der Waals surface area contributed by atoms with Crippen molar-refractivity contribution in [2.45, 2.75) is 0 Å². The molecule has 0 atom stereocenters. The second-order valence-corrected chi connectivity index (χ2v) is 6.61. The number of rotatable bonds is 3. The van der Waals surface area contributed by atoms with E-state index in [-0.39, 0.29) is 12.7 Å². The molecule has 3 aromatic rings. The summed E-state index contributed by atoms with van der Waals surface area (Å²) in [6.45, 7) is 0.228. The number of amides is 1. The molecule has 1 aromatic heterocycles. The highest BCUT2D eigenvalue weighted by Gasteiger charge is 2.17. The van der Waals surface area contributed by atoms with Gasteiger partial charge < -0.3 is 23.5 Å². The van der Waals surface area contributed by atoms with E-state index < -0.39 is 0 Å². The molecule has 26 heavy (non-hydrogen) atoms. The van der Waals surface area contributed by atoms with Gasteiger partial charge in [0.05, 0.1) is 24.4 Å². The maximum Gasteiger partial charge on any atom is 0.279 e. The molecule has 1 aliphatic heterocycles. The van der Waals surface area contributed by atoms with Crippen LogP contribution in [0.15, 0.2) is 35.3 Å². The predicted octanol–water partition coefficient (Wildman–Crippen LogP) is 2.73. The molecule has 1 aliphatic rings. The van der Waals surface area contributed by atoms with Crippen LogP contribution >= 0.6 is 11.3 Å². The van der Waals surface area contributed by atoms with Crippen LogP contribution in [0.5, 0.6) is 23.0 Å². The zero-order valence-electron chi connectivity index (χ0n) is 14.4. The van der Waals surface area contributed by atoms with Crippen LogP contribution in [-0.2, 0) is 7.05 Å². The molecule has 1 amide bonds. The summed E-state index contributed by atoms with van der Waals surface area (Å²) in [4.78, 5) is 17.4. The number of thiazole rings is 1. The Hall–Kier alpha value is -3.00. The van der Waals surface area contributed by atoms with Crippen LogP contribution in [0.25, 0.3) is 10.2 Å². The van der Waals surface area contributed by atoms with Gasteiger partial charge in [-0.25, -0.2) is 0 Å². The van der Waals surface area contributed by atoms with Crippen molar-refractivity contribution in [3.05, 3.63) is 40.7 Å². The highest BCUT2D eigenvalue weighted by Crippen LogP contribution is 2.36. The average molecular weight is 372 g/mol. The lowest BCUT2D eigenvalue weighted by molar-refractivity contribution is 0.0997. The Labute approximate surface area is 153 Å². The Morgan fingerprint density at radius 2 is 1.85 bits per heavy atom. The summed E-state index contributed by atoms with van der Waals surface area (Å²) in [5, 5.41) is 0. The Morgan fingerprint density at radius 3 is 2.58 bits per heavy atom. The number of aryl methyl sites for hydroxylation is 1. The molecule has 0 radical (unpaired) electrons. The number of benzene rings is 2. The number of carbonyl (C=O) groups is 1. The summed E-state index contributed by atoms with van der Waals surface area (Å²) in [6, 6.07) is 8.77. The second-order valence-electron chi connectivity index (χ2n) is 5.60. The topological polar surface area (TPSA) is 71.3 Å². The molecule has 4 rings (SSSR count). The maximum absolute atomic E-state index is 12.6. The van der Waals surface area contributed by atoms with E-state index >= 15 is 0 Å². The molecule has 0 fully saturated rings. The van der Waals surface area contributed by atoms with E-state index in [2.05, 4.69) is 4.99 Å². The lowest BCUT2D eigenvalue weighted by Gasteiger charge is -2.07. The van der Waals surface area contributed by atoms with Crippen molar-refractivity contribution in [3.63, 3.8) is 0 Å². The Balaban J connectivity index is 1.76. The highest BCUT2D eigenvalue weighted by atomic mass is 32.1. The van der Waals surface area contributed by atoms with Gasteiger partial charge in [0.1, 0.15) is 0 Å². The molecule has 0 aliphatic carbocycles. The zero-order chi connectivity index (χ0) is 18.3. The molecule has 0 bridgehead atoms. The van der Waals surface area contributed by atoms with Crippen molar-refractivity contribution in [3.8, 4) is 23.0 Å². The van der Waals surface area contributed by atoms with E-state index in [0.29, 0.717) is 33.4 Å². The monoisotopic (exact) mass is 372 g/mol. The number of ether oxygens (including phenoxy) is 4. The first-order valence-corrected chi connectivity index (χ1v) is 8.62. The van der Waals surface area contributed by atoms with Crippen LogP contribution in [0.2, 0.25) is 0 Å². The van der Waals surface area contributed by atoms with Crippen molar-refractivity contribution in [1.29, 1.82) is 0 Å². The minimum atomic E-state index is -0.354. The van der Waals surface area contributed by atoms with Gasteiger partial charge in [-0.3, -0.25) is 4.79 Å². The van der Waals surface area contributed by atoms with Gasteiger partial charge in [-0.05, 0) is 18.2 Å². The quantitative estimate of drug-likeness (QED) is 0.707. The summed E-state index contributed by atoms with van der Waals surface area (Å²) in [6.07, 6.45) is 0. The van der Waals surface area contributed by atoms with E-state index in [1.54, 1.807) is 25.3 Å². The number of methoxy groups -OCH3 is 2. The number of nitrogens with zero attached hydrogens (tertiary/aromatic N) is 2. The first-order valence-electron chi connectivity index (χ1n) is 7.81. The van der Waals surface area contributed by atoms with Crippen molar-refractivity contribution in [2.24, 2.45) is 12.0 Å². The minimum absolute atomic E-state index is 0.228. The lowest BCUT2D eigenvalue weighted by Crippen LogP contribution is -2.13. The van der Waals surface area contributed by atoms with Crippen molar-refractivity contribution in [2.75, 3.05) is 21.0 Å². The van der Waals surface area contributed by atoms with E-state index in [4.69, 9.17) is 18.9 Å². The number of carbonyl (C=O) groups excluding carboxylic acids is 1. The van der Waals surface area contributed by atoms with Gasteiger partial charge in [-0.1, -0.05) is 11.3 Å². The van der Waals surface area contributed by atoms with Gasteiger partial charge in [0.2, 0.25) is 6.79 Å². The third-order valence-corrected chi connectivity index (χ3v) is 5.23. The van der Waals surface area contributed by atoms with Crippen molar-refractivity contribution in [1.82, 2.24) is 4.57 Å². The normalized spacial score (nSPS) is 13.3. The van der Waals surface area contributed by atoms with Crippen LogP contribution < -0.4 is 23.7 Å². The third-order valence-electron chi connectivity index (χ3n) is 4.13. The number of hydrogen-bond acceptors (Lipinski definition) is 6. The molecular weight excluding hydrogens is 356 g/mol. The van der Waals surface area contributed by atoms with Gasteiger partial charge in [-0.15, -0.1) is 0 Å². The summed E-state index contributed by atoms with van der Waals surface area (Å²) in [7, 11) is 4.94. The fourth-order valence-electron chi connectivity index (χ4n) is 2.74. The Kier molecular flexibility index (Phi) is 4.04. The van der Waals surface area contributed by atoms with Crippen LogP contribution in [0.4, 0.5) is 0 Å². The first-order chi connectivity index (χ1) is 12.6. The van der Waals surface area contributed by atoms with Crippen LogP contribution in [-0.4, -0.2) is 31.5 Å². The lowest BCUT2D eigenvalue weighted by atomic mass is 10.2. The fraction of sp³-hybridized carbons (Fsp3) is 0.222. The van der Waals surface area contributed by atoms with Gasteiger partial charge in [0.25, 0.3) is 5.91 Å². The average Bonchev–Trinajstić information content (AvgIpc) is 3.23. The van der Waals surface area contributed by atoms with Gasteiger partial charge in [0.15, 0.2) is 27.8 Å². The molecule has 0 saturated carbocycles. The molecule has 0 saturated heterocycles. The van der Waals surface area contributed by atoms with E-state index in [1.165, 1.54) is 18.4 Å². The standard InChI is InChI=1S/C18H16N2O5S/c1-20-11-7-14-15(25-9-24-14)8-16(11)26-18(20)19-17(21)10-4-5-12(22-2)13(6-10)23-3/h4-8H,9H2,1-3H3. The largest absolute Gasteiger partial charge is 0.493 e. The smallest absolute Gasteiger partial charge is 0.279 e. The summed E-state index contributed by atoms with van der Waals surface area (Å²) in [5.41, 5.74) is 1.35. The van der Waals surface area contributed by atoms with Crippen LogP contribution in [0, 0.1) is 0 Å². The van der Waals surface area contributed by atoms with E-state index in [9.17, 15) is 4.79 Å². The van der Waals surface area contributed by atoms with Crippen LogP contribution in [0.3, 0.4) is 0 Å². The Morgan fingerprint density at radius 1 is 1.12 bits per heavy atom. The number of hydrogen-bond donors (Lipinski definition) is 0. The van der Waals surface area contributed by atoms with Gasteiger partial charge >= 0.3 is 0 Å². The molecule has 8 heteroatoms. The predicted molar refractivity (Wildman–Crippen MR) is 96.4 cm³/mol. The van der Waals surface area contributed by atoms with Crippen molar-refractivity contribution >= 4 is 27.5 Å². The maximum atomic E-state index is 12.6. The minimum Gasteiger partial charge on any atom is -0.493 e. The number of aromatic nitrogens is 1. The molecule has 134 valence electrons. The summed E-state index contributed by atoms with van der Waals surface area (Å²) >= 11 is 1.41.